The lowest BCUT2D eigenvalue weighted by Gasteiger charge is -2.31. The van der Waals surface area contributed by atoms with Crippen molar-refractivity contribution in [1.82, 2.24) is 15.1 Å². The molecule has 0 unspecified atom stereocenters. The average Bonchev–Trinajstić information content (AvgIpc) is 3.12. The third-order valence-corrected chi connectivity index (χ3v) is 5.53. The highest BCUT2D eigenvalue weighted by Crippen LogP contribution is 2.30. The van der Waals surface area contributed by atoms with Crippen LogP contribution in [0, 0.1) is 5.92 Å². The van der Waals surface area contributed by atoms with Gasteiger partial charge in [-0.3, -0.25) is 9.59 Å². The Hall–Kier alpha value is -2.28. The van der Waals surface area contributed by atoms with Crippen molar-refractivity contribution in [3.63, 3.8) is 0 Å². The van der Waals surface area contributed by atoms with Crippen LogP contribution in [-0.4, -0.2) is 40.0 Å². The number of piperidine rings is 1. The molecule has 1 fully saturated rings. The van der Waals surface area contributed by atoms with Gasteiger partial charge in [0.1, 0.15) is 5.01 Å². The Morgan fingerprint density at radius 1 is 1.19 bits per heavy atom. The van der Waals surface area contributed by atoms with Crippen LogP contribution in [0.3, 0.4) is 0 Å². The molecule has 1 aromatic heterocycles. The van der Waals surface area contributed by atoms with Gasteiger partial charge in [0.15, 0.2) is 0 Å². The zero-order valence-corrected chi connectivity index (χ0v) is 16.0. The second-order valence-electron chi connectivity index (χ2n) is 7.02. The molecule has 3 rings (SSSR count). The van der Waals surface area contributed by atoms with Crippen molar-refractivity contribution < 1.29 is 9.59 Å². The first-order valence-electron chi connectivity index (χ1n) is 9.00. The van der Waals surface area contributed by atoms with Crippen molar-refractivity contribution in [2.24, 2.45) is 5.92 Å². The highest BCUT2D eigenvalue weighted by atomic mass is 32.1. The minimum absolute atomic E-state index is 0.232. The Labute approximate surface area is 157 Å². The highest BCUT2D eigenvalue weighted by molar-refractivity contribution is 7.13. The maximum absolute atomic E-state index is 12.3. The van der Waals surface area contributed by atoms with Crippen LogP contribution in [0.1, 0.15) is 53.8 Å². The standard InChI is InChI=1S/C19H24N4O2S/c1-13(2)12-16(24)23-10-8-14(9-11-23)18-21-22-19(26-18)17(25)20-15-6-4-3-5-7-15/h3-7,13-14H,8-12H2,1-2H3,(H,20,25). The van der Waals surface area contributed by atoms with Gasteiger partial charge in [-0.05, 0) is 30.9 Å². The molecule has 0 atom stereocenters. The van der Waals surface area contributed by atoms with Crippen molar-refractivity contribution in [3.05, 3.63) is 40.3 Å². The molecule has 0 bridgehead atoms. The molecule has 1 aliphatic heterocycles. The van der Waals surface area contributed by atoms with Gasteiger partial charge in [-0.2, -0.15) is 0 Å². The van der Waals surface area contributed by atoms with E-state index in [1.54, 1.807) is 0 Å². The van der Waals surface area contributed by atoms with E-state index >= 15 is 0 Å². The van der Waals surface area contributed by atoms with Crippen LogP contribution < -0.4 is 5.32 Å². The van der Waals surface area contributed by atoms with Gasteiger partial charge >= 0.3 is 0 Å². The molecule has 2 heterocycles. The lowest BCUT2D eigenvalue weighted by Crippen LogP contribution is -2.38. The van der Waals surface area contributed by atoms with Crippen LogP contribution in [0.5, 0.6) is 0 Å². The van der Waals surface area contributed by atoms with Gasteiger partial charge < -0.3 is 10.2 Å². The maximum Gasteiger partial charge on any atom is 0.286 e. The van der Waals surface area contributed by atoms with Gasteiger partial charge in [-0.1, -0.05) is 43.4 Å². The molecule has 1 aliphatic rings. The first-order chi connectivity index (χ1) is 12.5. The Morgan fingerprint density at radius 2 is 1.88 bits per heavy atom. The minimum Gasteiger partial charge on any atom is -0.343 e. The zero-order valence-electron chi connectivity index (χ0n) is 15.1. The van der Waals surface area contributed by atoms with Crippen molar-refractivity contribution >= 4 is 28.8 Å². The summed E-state index contributed by atoms with van der Waals surface area (Å²) < 4.78 is 0. The Balaban J connectivity index is 1.55. The Kier molecular flexibility index (Phi) is 5.98. The lowest BCUT2D eigenvalue weighted by atomic mass is 9.97. The number of nitrogens with one attached hydrogen (secondary N) is 1. The fourth-order valence-corrected chi connectivity index (χ4v) is 3.96. The molecule has 138 valence electrons. The number of aromatic nitrogens is 2. The van der Waals surface area contributed by atoms with Gasteiger partial charge in [0.25, 0.3) is 5.91 Å². The molecule has 1 aromatic carbocycles. The predicted octanol–water partition coefficient (Wildman–Crippen LogP) is 3.54. The number of hydrogen-bond donors (Lipinski definition) is 1. The summed E-state index contributed by atoms with van der Waals surface area (Å²) in [6.45, 7) is 5.63. The van der Waals surface area contributed by atoms with Crippen LogP contribution in [0.2, 0.25) is 0 Å². The number of carbonyl (C=O) groups is 2. The van der Waals surface area contributed by atoms with Crippen molar-refractivity contribution in [2.45, 2.75) is 39.0 Å². The average molecular weight is 372 g/mol. The molecule has 1 N–H and O–H groups in total. The number of hydrogen-bond acceptors (Lipinski definition) is 5. The summed E-state index contributed by atoms with van der Waals surface area (Å²) in [6.07, 6.45) is 2.35. The smallest absolute Gasteiger partial charge is 0.286 e. The van der Waals surface area contributed by atoms with Gasteiger partial charge in [0.05, 0.1) is 0 Å². The Morgan fingerprint density at radius 3 is 2.54 bits per heavy atom. The van der Waals surface area contributed by atoms with Gasteiger partial charge in [-0.25, -0.2) is 0 Å². The number of nitrogens with zero attached hydrogens (tertiary/aromatic N) is 3. The maximum atomic E-state index is 12.3. The summed E-state index contributed by atoms with van der Waals surface area (Å²) in [4.78, 5) is 26.4. The number of benzene rings is 1. The van der Waals surface area contributed by atoms with Gasteiger partial charge in [0, 0.05) is 31.1 Å². The van der Waals surface area contributed by atoms with Crippen molar-refractivity contribution in [2.75, 3.05) is 18.4 Å². The molecular formula is C19H24N4O2S. The lowest BCUT2D eigenvalue weighted by molar-refractivity contribution is -0.133. The third kappa shape index (κ3) is 4.66. The normalized spacial score (nSPS) is 15.3. The predicted molar refractivity (Wildman–Crippen MR) is 102 cm³/mol. The number of carbonyl (C=O) groups excluding carboxylic acids is 2. The van der Waals surface area contributed by atoms with Crippen LogP contribution in [0.15, 0.2) is 30.3 Å². The van der Waals surface area contributed by atoms with E-state index in [1.807, 2.05) is 35.2 Å². The molecular weight excluding hydrogens is 348 g/mol. The molecule has 2 amide bonds. The zero-order chi connectivity index (χ0) is 18.5. The second kappa shape index (κ2) is 8.40. The number of para-hydroxylation sites is 1. The van der Waals surface area contributed by atoms with E-state index in [0.717, 1.165) is 36.6 Å². The monoisotopic (exact) mass is 372 g/mol. The van der Waals surface area contributed by atoms with Crippen LogP contribution in [0.25, 0.3) is 0 Å². The summed E-state index contributed by atoms with van der Waals surface area (Å²) >= 11 is 1.35. The summed E-state index contributed by atoms with van der Waals surface area (Å²) in [6, 6.07) is 9.31. The summed E-state index contributed by atoms with van der Waals surface area (Å²) in [5.74, 6) is 0.658. The van der Waals surface area contributed by atoms with Crippen LogP contribution >= 0.6 is 11.3 Å². The summed E-state index contributed by atoms with van der Waals surface area (Å²) in [5.41, 5.74) is 0.742. The number of amides is 2. The fraction of sp³-hybridized carbons (Fsp3) is 0.474. The molecule has 0 aliphatic carbocycles. The third-order valence-electron chi connectivity index (χ3n) is 4.45. The van der Waals surface area contributed by atoms with E-state index < -0.39 is 0 Å². The van der Waals surface area contributed by atoms with E-state index in [0.29, 0.717) is 17.3 Å². The summed E-state index contributed by atoms with van der Waals surface area (Å²) in [7, 11) is 0. The van der Waals surface area contributed by atoms with Gasteiger partial charge in [-0.15, -0.1) is 10.2 Å². The van der Waals surface area contributed by atoms with E-state index in [9.17, 15) is 9.59 Å². The topological polar surface area (TPSA) is 75.2 Å². The number of likely N-dealkylation sites (tertiary alicyclic amines) is 1. The van der Waals surface area contributed by atoms with E-state index in [2.05, 4.69) is 29.4 Å². The molecule has 0 saturated carbocycles. The molecule has 7 heteroatoms. The Bertz CT molecular complexity index is 752. The van der Waals surface area contributed by atoms with Gasteiger partial charge in [0.2, 0.25) is 10.9 Å². The SMILES string of the molecule is CC(C)CC(=O)N1CCC(c2nnc(C(=O)Nc3ccccc3)s2)CC1. The first-order valence-corrected chi connectivity index (χ1v) is 9.82. The molecule has 1 saturated heterocycles. The second-order valence-corrected chi connectivity index (χ2v) is 8.03. The molecule has 0 radical (unpaired) electrons. The first kappa shape index (κ1) is 18.5. The molecule has 6 nitrogen and oxygen atoms in total. The fourth-order valence-electron chi connectivity index (χ4n) is 3.05. The summed E-state index contributed by atoms with van der Waals surface area (Å²) in [5, 5.41) is 12.4. The highest BCUT2D eigenvalue weighted by Gasteiger charge is 2.27. The number of anilines is 1. The molecule has 2 aromatic rings. The minimum atomic E-state index is -0.232. The van der Waals surface area contributed by atoms with E-state index in [4.69, 9.17) is 0 Å². The van der Waals surface area contributed by atoms with Crippen LogP contribution in [-0.2, 0) is 4.79 Å². The largest absolute Gasteiger partial charge is 0.343 e. The number of rotatable bonds is 5. The van der Waals surface area contributed by atoms with E-state index in [1.165, 1.54) is 11.3 Å². The van der Waals surface area contributed by atoms with Crippen molar-refractivity contribution in [3.8, 4) is 0 Å². The van der Waals surface area contributed by atoms with Crippen LogP contribution in [0.4, 0.5) is 5.69 Å². The molecule has 26 heavy (non-hydrogen) atoms. The molecule has 0 spiro atoms. The quantitative estimate of drug-likeness (QED) is 0.871. The van der Waals surface area contributed by atoms with E-state index in [-0.39, 0.29) is 17.7 Å². The van der Waals surface area contributed by atoms with Crippen molar-refractivity contribution in [1.29, 1.82) is 0 Å².